The molecule has 1 aromatic carbocycles. The number of nitrogens with zero attached hydrogens (tertiary/aromatic N) is 1. The van der Waals surface area contributed by atoms with Crippen molar-refractivity contribution in [3.8, 4) is 0 Å². The van der Waals surface area contributed by atoms with Crippen LogP contribution < -0.4 is 5.32 Å². The molecule has 128 valence electrons. The van der Waals surface area contributed by atoms with Crippen LogP contribution in [0.2, 0.25) is 0 Å². The number of amides is 1. The standard InChI is InChI=1S/C18H23N3O3/c1-13(2)18(17(23)24,12-15-19-10-11-20-15)21-16(22)9-8-14-6-4-3-5-7-14/h3-7,10-11,13H,8-9,12H2,1-2H3,(H,19,20)(H,21,22)(H,23,24)/t18-/m0/s1. The highest BCUT2D eigenvalue weighted by Gasteiger charge is 2.43. The van der Waals surface area contributed by atoms with Gasteiger partial charge in [-0.3, -0.25) is 4.79 Å². The number of hydrogen-bond acceptors (Lipinski definition) is 3. The Morgan fingerprint density at radius 1 is 1.29 bits per heavy atom. The number of nitrogens with one attached hydrogen (secondary N) is 2. The molecule has 24 heavy (non-hydrogen) atoms. The Morgan fingerprint density at radius 3 is 2.54 bits per heavy atom. The number of carbonyl (C=O) groups excluding carboxylic acids is 1. The van der Waals surface area contributed by atoms with Gasteiger partial charge in [0, 0.05) is 25.2 Å². The van der Waals surface area contributed by atoms with Gasteiger partial charge in [0.2, 0.25) is 5.91 Å². The van der Waals surface area contributed by atoms with Gasteiger partial charge in [-0.25, -0.2) is 9.78 Å². The van der Waals surface area contributed by atoms with E-state index < -0.39 is 11.5 Å². The maximum Gasteiger partial charge on any atom is 0.330 e. The molecule has 1 heterocycles. The van der Waals surface area contributed by atoms with Crippen LogP contribution in [0.25, 0.3) is 0 Å². The van der Waals surface area contributed by atoms with Crippen LogP contribution in [-0.2, 0) is 22.4 Å². The molecule has 0 spiro atoms. The predicted molar refractivity (Wildman–Crippen MR) is 90.4 cm³/mol. The number of imidazole rings is 1. The molecule has 1 amide bonds. The SMILES string of the molecule is CC(C)[C@](Cc1ncc[nH]1)(NC(=O)CCc1ccccc1)C(=O)O. The highest BCUT2D eigenvalue weighted by molar-refractivity contribution is 5.87. The molecular formula is C18H23N3O3. The Labute approximate surface area is 141 Å². The zero-order valence-electron chi connectivity index (χ0n) is 14.0. The minimum absolute atomic E-state index is 0.115. The number of aryl methyl sites for hydroxylation is 1. The molecule has 0 radical (unpaired) electrons. The van der Waals surface area contributed by atoms with E-state index in [4.69, 9.17) is 0 Å². The van der Waals surface area contributed by atoms with Crippen molar-refractivity contribution >= 4 is 11.9 Å². The summed E-state index contributed by atoms with van der Waals surface area (Å²) in [5.41, 5.74) is -0.338. The maximum absolute atomic E-state index is 12.4. The second-order valence-electron chi connectivity index (χ2n) is 6.18. The lowest BCUT2D eigenvalue weighted by Crippen LogP contribution is -2.59. The van der Waals surface area contributed by atoms with Gasteiger partial charge in [0.25, 0.3) is 0 Å². The van der Waals surface area contributed by atoms with Crippen LogP contribution in [-0.4, -0.2) is 32.5 Å². The van der Waals surface area contributed by atoms with Gasteiger partial charge in [0.1, 0.15) is 11.4 Å². The molecule has 0 aliphatic heterocycles. The first kappa shape index (κ1) is 17.7. The fourth-order valence-electron chi connectivity index (χ4n) is 2.64. The van der Waals surface area contributed by atoms with Crippen LogP contribution in [0.3, 0.4) is 0 Å². The second kappa shape index (κ2) is 7.77. The summed E-state index contributed by atoms with van der Waals surface area (Å²) < 4.78 is 0. The highest BCUT2D eigenvalue weighted by Crippen LogP contribution is 2.22. The molecule has 6 heteroatoms. The van der Waals surface area contributed by atoms with E-state index in [-0.39, 0.29) is 24.7 Å². The lowest BCUT2D eigenvalue weighted by atomic mass is 9.82. The highest BCUT2D eigenvalue weighted by atomic mass is 16.4. The van der Waals surface area contributed by atoms with Crippen LogP contribution in [0.15, 0.2) is 42.7 Å². The summed E-state index contributed by atoms with van der Waals surface area (Å²) in [6, 6.07) is 9.65. The number of carboxylic acid groups (broad SMARTS) is 1. The van der Waals surface area contributed by atoms with Gasteiger partial charge < -0.3 is 15.4 Å². The second-order valence-corrected chi connectivity index (χ2v) is 6.18. The number of carboxylic acids is 1. The minimum atomic E-state index is -1.38. The molecule has 2 rings (SSSR count). The maximum atomic E-state index is 12.4. The predicted octanol–water partition coefficient (Wildman–Crippen LogP) is 2.18. The van der Waals surface area contributed by atoms with Crippen molar-refractivity contribution in [2.75, 3.05) is 0 Å². The van der Waals surface area contributed by atoms with Crippen molar-refractivity contribution in [3.05, 3.63) is 54.1 Å². The number of aromatic amines is 1. The molecule has 1 atom stereocenters. The Balaban J connectivity index is 2.09. The average molecular weight is 329 g/mol. The van der Waals surface area contributed by atoms with Crippen molar-refractivity contribution in [1.29, 1.82) is 0 Å². The van der Waals surface area contributed by atoms with E-state index in [1.807, 2.05) is 30.3 Å². The molecule has 0 aliphatic rings. The quantitative estimate of drug-likeness (QED) is 0.692. The van der Waals surface area contributed by atoms with E-state index in [0.29, 0.717) is 12.2 Å². The summed E-state index contributed by atoms with van der Waals surface area (Å²) in [5, 5.41) is 12.5. The lowest BCUT2D eigenvalue weighted by molar-refractivity contribution is -0.150. The van der Waals surface area contributed by atoms with Crippen LogP contribution >= 0.6 is 0 Å². The Morgan fingerprint density at radius 2 is 2.00 bits per heavy atom. The van der Waals surface area contributed by atoms with E-state index in [1.54, 1.807) is 26.2 Å². The van der Waals surface area contributed by atoms with Gasteiger partial charge >= 0.3 is 5.97 Å². The monoisotopic (exact) mass is 329 g/mol. The molecule has 0 unspecified atom stereocenters. The van der Waals surface area contributed by atoms with E-state index >= 15 is 0 Å². The molecule has 3 N–H and O–H groups in total. The van der Waals surface area contributed by atoms with Gasteiger partial charge in [-0.05, 0) is 17.9 Å². The third-order valence-electron chi connectivity index (χ3n) is 4.21. The number of hydrogen-bond donors (Lipinski definition) is 3. The summed E-state index contributed by atoms with van der Waals surface area (Å²) in [6.45, 7) is 3.57. The van der Waals surface area contributed by atoms with Gasteiger partial charge in [-0.15, -0.1) is 0 Å². The van der Waals surface area contributed by atoms with Gasteiger partial charge in [0.15, 0.2) is 0 Å². The van der Waals surface area contributed by atoms with Crippen molar-refractivity contribution in [2.45, 2.75) is 38.6 Å². The molecule has 0 aliphatic carbocycles. The molecular weight excluding hydrogens is 306 g/mol. The average Bonchev–Trinajstić information content (AvgIpc) is 3.05. The molecule has 2 aromatic rings. The van der Waals surface area contributed by atoms with E-state index in [1.165, 1.54) is 0 Å². The lowest BCUT2D eigenvalue weighted by Gasteiger charge is -2.33. The van der Waals surface area contributed by atoms with Crippen LogP contribution in [0.4, 0.5) is 0 Å². The number of aliphatic carboxylic acids is 1. The van der Waals surface area contributed by atoms with Gasteiger partial charge in [0.05, 0.1) is 0 Å². The third-order valence-corrected chi connectivity index (χ3v) is 4.21. The summed E-state index contributed by atoms with van der Waals surface area (Å²) in [5.74, 6) is -1.08. The first-order valence-electron chi connectivity index (χ1n) is 8.00. The van der Waals surface area contributed by atoms with Crippen LogP contribution in [0.5, 0.6) is 0 Å². The Bertz CT molecular complexity index is 668. The van der Waals surface area contributed by atoms with E-state index in [0.717, 1.165) is 5.56 Å². The molecule has 0 saturated carbocycles. The topological polar surface area (TPSA) is 95.1 Å². The summed E-state index contributed by atoms with van der Waals surface area (Å²) >= 11 is 0. The molecule has 0 bridgehead atoms. The zero-order valence-corrected chi connectivity index (χ0v) is 14.0. The first-order valence-corrected chi connectivity index (χ1v) is 8.00. The van der Waals surface area contributed by atoms with E-state index in [2.05, 4.69) is 15.3 Å². The van der Waals surface area contributed by atoms with Crippen molar-refractivity contribution in [1.82, 2.24) is 15.3 Å². The minimum Gasteiger partial charge on any atom is -0.479 e. The third kappa shape index (κ3) is 4.22. The van der Waals surface area contributed by atoms with Crippen molar-refractivity contribution in [3.63, 3.8) is 0 Å². The van der Waals surface area contributed by atoms with E-state index in [9.17, 15) is 14.7 Å². The number of H-pyrrole nitrogens is 1. The number of benzene rings is 1. The van der Waals surface area contributed by atoms with Crippen LogP contribution in [0, 0.1) is 5.92 Å². The summed E-state index contributed by atoms with van der Waals surface area (Å²) in [7, 11) is 0. The fraction of sp³-hybridized carbons (Fsp3) is 0.389. The van der Waals surface area contributed by atoms with Gasteiger partial charge in [-0.2, -0.15) is 0 Å². The normalized spacial score (nSPS) is 13.5. The fourth-order valence-corrected chi connectivity index (χ4v) is 2.64. The summed E-state index contributed by atoms with van der Waals surface area (Å²) in [6.07, 6.45) is 4.13. The Kier molecular flexibility index (Phi) is 5.73. The largest absolute Gasteiger partial charge is 0.479 e. The molecule has 1 aromatic heterocycles. The Hall–Kier alpha value is -2.63. The number of carbonyl (C=O) groups is 2. The van der Waals surface area contributed by atoms with Gasteiger partial charge in [-0.1, -0.05) is 44.2 Å². The number of aromatic nitrogens is 2. The number of rotatable bonds is 8. The molecule has 0 fully saturated rings. The summed E-state index contributed by atoms with van der Waals surface area (Å²) in [4.78, 5) is 31.3. The zero-order chi connectivity index (χ0) is 17.6. The van der Waals surface area contributed by atoms with Crippen molar-refractivity contribution in [2.24, 2.45) is 5.92 Å². The smallest absolute Gasteiger partial charge is 0.330 e. The van der Waals surface area contributed by atoms with Crippen molar-refractivity contribution < 1.29 is 14.7 Å². The van der Waals surface area contributed by atoms with Crippen LogP contribution in [0.1, 0.15) is 31.7 Å². The molecule has 0 saturated heterocycles. The first-order chi connectivity index (χ1) is 11.4. The molecule has 6 nitrogen and oxygen atoms in total.